The lowest BCUT2D eigenvalue weighted by Gasteiger charge is -2.21. The van der Waals surface area contributed by atoms with E-state index in [1.807, 2.05) is 0 Å². The third kappa shape index (κ3) is 17.5. The molecule has 4 aliphatic carbocycles. The summed E-state index contributed by atoms with van der Waals surface area (Å²) >= 11 is 26.1. The normalized spacial score (nSPS) is 15.3. The quantitative estimate of drug-likeness (QED) is 0.0128. The first-order valence-electron chi connectivity index (χ1n) is 27.2. The molecule has 16 nitrogen and oxygen atoms in total. The van der Waals surface area contributed by atoms with Crippen molar-refractivity contribution in [3.63, 3.8) is 0 Å². The maximum atomic E-state index is 13.5. The van der Waals surface area contributed by atoms with E-state index in [1.54, 1.807) is 78.3 Å². The number of anilines is 1. The molecule has 4 fully saturated rings. The van der Waals surface area contributed by atoms with Crippen molar-refractivity contribution in [3.05, 3.63) is 161 Å². The summed E-state index contributed by atoms with van der Waals surface area (Å²) in [6.45, 7) is -4.56. The second-order valence-electron chi connectivity index (χ2n) is 21.3. The number of rotatable bonds is 27. The van der Waals surface area contributed by atoms with E-state index in [-0.39, 0.29) is 58.4 Å². The van der Waals surface area contributed by atoms with Gasteiger partial charge in [0.1, 0.15) is 52.1 Å². The van der Waals surface area contributed by atoms with Crippen molar-refractivity contribution >= 4 is 69.7 Å². The van der Waals surface area contributed by atoms with Gasteiger partial charge in [0.05, 0.1) is 48.2 Å². The zero-order chi connectivity index (χ0) is 59.8. The summed E-state index contributed by atoms with van der Waals surface area (Å²) in [6, 6.07) is 17.3. The van der Waals surface area contributed by atoms with Crippen LogP contribution in [0.25, 0.3) is 0 Å². The second-order valence-corrected chi connectivity index (χ2v) is 22.9. The largest absolute Gasteiger partial charge is 0.491 e. The van der Waals surface area contributed by atoms with Gasteiger partial charge in [0.15, 0.2) is 53.5 Å². The summed E-state index contributed by atoms with van der Waals surface area (Å²) < 4.78 is 100. The van der Waals surface area contributed by atoms with Gasteiger partial charge in [0.25, 0.3) is 0 Å². The van der Waals surface area contributed by atoms with Gasteiger partial charge in [-0.25, -0.2) is 18.7 Å². The fourth-order valence-electron chi connectivity index (χ4n) is 8.66. The number of hydrogen-bond acceptors (Lipinski definition) is 13. The smallest absolute Gasteiger partial charge is 0.387 e. The molecule has 0 aliphatic heterocycles. The number of nitrogens with two attached hydrogens (primary N) is 1. The first-order chi connectivity index (χ1) is 40.2. The van der Waals surface area contributed by atoms with Crippen LogP contribution in [0.15, 0.2) is 97.6 Å². The third-order valence-corrected chi connectivity index (χ3v) is 15.4. The van der Waals surface area contributed by atoms with Crippen molar-refractivity contribution in [3.8, 4) is 34.5 Å². The SMILES string of the molecule is C[n+]1cc(Cl)c(C[C@H](OC(=O)c2ccc(N)c(OCC3CC3)c2)c2ccc(OC(F)F)c(OCC3CC3)c2)c(Cl)c1.C[n+]1cc(Cl)c(C[C@H](OC(=O)c2ccc([N+](=O)[O-])c(OCC3CC3)c2)c2ccc(OC(F)F)c(OCC3CC3)c2)c(Cl)c1. The van der Waals surface area contributed by atoms with E-state index in [4.69, 9.17) is 80.6 Å². The molecule has 2 N–H and O–H groups in total. The van der Waals surface area contributed by atoms with E-state index in [0.717, 1.165) is 51.4 Å². The summed E-state index contributed by atoms with van der Waals surface area (Å²) in [4.78, 5) is 37.9. The number of nitro benzene ring substituents is 1. The molecule has 10 rings (SSSR count). The van der Waals surface area contributed by atoms with Crippen molar-refractivity contribution in [1.29, 1.82) is 0 Å². The van der Waals surface area contributed by atoms with Gasteiger partial charge in [-0.1, -0.05) is 58.5 Å². The standard InChI is InChI=1S/C30H29Cl2F2N2O7.C30H30Cl2F2N2O5/c1-35-13-22(31)21(23(32)14-35)12-26(19-7-9-25(43-30(33)34)28(10-19)41-16-18-4-5-18)42-29(37)20-6-8-24(36(38)39)27(11-20)40-15-17-2-3-17;1-36-13-22(31)21(23(32)14-36)12-26(19-7-9-25(41-30(33)34)28(10-19)39-16-18-4-5-18)40-29(37)20-6-8-24(35)27(11-20)38-15-17-2-3-17/h6-11,13-14,17-18,26,30H,2-5,12,15-16H2,1H3;6-11,13-14,17-18,26,30H,2-5,12,15-16H2,1H3,(H-,35,37)/q+1;/p+1/t2*26-/m00/s1. The molecule has 24 heteroatoms. The number of nitro groups is 1. The fourth-order valence-corrected chi connectivity index (χ4v) is 10.1. The highest BCUT2D eigenvalue weighted by atomic mass is 35.5. The molecule has 2 aromatic heterocycles. The fraction of sp³-hybridized carbons (Fsp3) is 0.400. The highest BCUT2D eigenvalue weighted by Gasteiger charge is 2.31. The van der Waals surface area contributed by atoms with Crippen LogP contribution in [0.3, 0.4) is 0 Å². The van der Waals surface area contributed by atoms with E-state index in [0.29, 0.717) is 104 Å². The van der Waals surface area contributed by atoms with Crippen LogP contribution in [0, 0.1) is 33.8 Å². The number of nitrogens with zero attached hydrogens (tertiary/aromatic N) is 3. The van der Waals surface area contributed by atoms with Crippen LogP contribution in [-0.2, 0) is 36.4 Å². The summed E-state index contributed by atoms with van der Waals surface area (Å²) in [5.41, 5.74) is 8.44. The zero-order valence-corrected chi connectivity index (χ0v) is 48.6. The topological polar surface area (TPSA) is 185 Å². The number of esters is 2. The number of carbonyl (C=O) groups is 2. The van der Waals surface area contributed by atoms with Gasteiger partial charge in [-0.15, -0.1) is 0 Å². The van der Waals surface area contributed by atoms with E-state index in [2.05, 4.69) is 9.47 Å². The van der Waals surface area contributed by atoms with Gasteiger partial charge in [-0.2, -0.15) is 17.6 Å². The Morgan fingerprint density at radius 2 is 0.893 bits per heavy atom. The molecule has 0 spiro atoms. The lowest BCUT2D eigenvalue weighted by molar-refractivity contribution is -0.671. The van der Waals surface area contributed by atoms with Crippen molar-refractivity contribution < 1.29 is 79.1 Å². The molecule has 0 bridgehead atoms. The number of aryl methyl sites for hydroxylation is 2. The molecule has 84 heavy (non-hydrogen) atoms. The van der Waals surface area contributed by atoms with E-state index in [9.17, 15) is 37.3 Å². The monoisotopic (exact) mass is 1240 g/mol. The van der Waals surface area contributed by atoms with Crippen molar-refractivity contribution in [1.82, 2.24) is 0 Å². The Bertz CT molecular complexity index is 3320. The number of hydrogen-bond donors (Lipinski definition) is 1. The van der Waals surface area contributed by atoms with Gasteiger partial charge < -0.3 is 43.6 Å². The second kappa shape index (κ2) is 27.8. The maximum Gasteiger partial charge on any atom is 0.387 e. The Hall–Kier alpha value is -7.00. The molecule has 0 radical (unpaired) electrons. The van der Waals surface area contributed by atoms with E-state index >= 15 is 0 Å². The van der Waals surface area contributed by atoms with Gasteiger partial charge in [0.2, 0.25) is 0 Å². The number of alkyl halides is 4. The Balaban J connectivity index is 0.000000202. The number of pyridine rings is 2. The molecule has 0 amide bonds. The zero-order valence-electron chi connectivity index (χ0n) is 45.6. The van der Waals surface area contributed by atoms with Crippen LogP contribution < -0.4 is 43.3 Å². The highest BCUT2D eigenvalue weighted by molar-refractivity contribution is 6.36. The average molecular weight is 1250 g/mol. The molecular formula is C60H60Cl4F4N4O12+2. The first kappa shape index (κ1) is 61.6. The predicted molar refractivity (Wildman–Crippen MR) is 302 cm³/mol. The number of carbonyl (C=O) groups excluding carboxylic acids is 2. The number of halogens is 8. The van der Waals surface area contributed by atoms with Crippen LogP contribution in [-0.4, -0.2) is 56.5 Å². The van der Waals surface area contributed by atoms with Crippen molar-refractivity contribution in [2.45, 2.75) is 89.6 Å². The van der Waals surface area contributed by atoms with Crippen LogP contribution in [0.2, 0.25) is 20.1 Å². The minimum atomic E-state index is -3.07. The van der Waals surface area contributed by atoms with Crippen molar-refractivity contribution in [2.75, 3.05) is 32.2 Å². The Morgan fingerprint density at radius 1 is 0.536 bits per heavy atom. The number of benzene rings is 4. The first-order valence-corrected chi connectivity index (χ1v) is 28.7. The minimum absolute atomic E-state index is 0.0272. The summed E-state index contributed by atoms with van der Waals surface area (Å²) in [7, 11) is 3.54. The number of ether oxygens (including phenoxy) is 8. The van der Waals surface area contributed by atoms with E-state index < -0.39 is 42.3 Å². The molecule has 0 unspecified atom stereocenters. The lowest BCUT2D eigenvalue weighted by Crippen LogP contribution is -2.27. The van der Waals surface area contributed by atoms with Crippen LogP contribution >= 0.6 is 46.4 Å². The summed E-state index contributed by atoms with van der Waals surface area (Å²) in [5.74, 6) is 0.445. The van der Waals surface area contributed by atoms with Gasteiger partial charge in [-0.05, 0) is 135 Å². The van der Waals surface area contributed by atoms with Crippen molar-refractivity contribution in [2.24, 2.45) is 37.8 Å². The number of aromatic nitrogens is 2. The Morgan fingerprint density at radius 3 is 1.26 bits per heavy atom. The predicted octanol–water partition coefficient (Wildman–Crippen LogP) is 13.8. The summed E-state index contributed by atoms with van der Waals surface area (Å²) in [6.07, 6.45) is 13.1. The molecule has 6 aromatic rings. The lowest BCUT2D eigenvalue weighted by atomic mass is 10.0. The Kier molecular flexibility index (Phi) is 20.4. The van der Waals surface area contributed by atoms with Crippen LogP contribution in [0.1, 0.15) is 107 Å². The third-order valence-electron chi connectivity index (χ3n) is 14.1. The van der Waals surface area contributed by atoms with Gasteiger partial charge in [-0.3, -0.25) is 10.1 Å². The molecule has 4 aromatic carbocycles. The molecule has 2 heterocycles. The molecule has 0 saturated heterocycles. The molecule has 2 atom stereocenters. The van der Waals surface area contributed by atoms with Gasteiger partial charge >= 0.3 is 30.8 Å². The molecular weight excluding hydrogens is 1190 g/mol. The van der Waals surface area contributed by atoms with Crippen LogP contribution in [0.5, 0.6) is 34.5 Å². The molecule has 446 valence electrons. The average Bonchev–Trinajstić information content (AvgIpc) is 3.59. The number of nitrogen functional groups attached to an aromatic ring is 1. The summed E-state index contributed by atoms with van der Waals surface area (Å²) in [5, 5.41) is 13.0. The van der Waals surface area contributed by atoms with Gasteiger partial charge in [0, 0.05) is 36.1 Å². The maximum absolute atomic E-state index is 13.5. The minimum Gasteiger partial charge on any atom is -0.491 e. The van der Waals surface area contributed by atoms with Crippen LogP contribution in [0.4, 0.5) is 28.9 Å². The highest BCUT2D eigenvalue weighted by Crippen LogP contribution is 2.42. The molecule has 4 aliphatic rings. The Labute approximate surface area is 501 Å². The molecule has 4 saturated carbocycles. The van der Waals surface area contributed by atoms with E-state index in [1.165, 1.54) is 42.5 Å².